The first-order chi connectivity index (χ1) is 17.8. The number of benzene rings is 4. The average Bonchev–Trinajstić information content (AvgIpc) is 3.41. The molecule has 0 bridgehead atoms. The van der Waals surface area contributed by atoms with Crippen molar-refractivity contribution < 1.29 is 18.3 Å². The zero-order valence-electron chi connectivity index (χ0n) is 22.7. The Labute approximate surface area is 223 Å². The molecule has 2 aliphatic carbocycles. The van der Waals surface area contributed by atoms with E-state index < -0.39 is 18.3 Å². The van der Waals surface area contributed by atoms with Gasteiger partial charge in [0.05, 0.1) is 0 Å². The molecule has 6 rings (SSSR count). The maximum absolute atomic E-state index is 4.22. The number of rotatable bonds is 4. The molecular formula is C36H36Zr. The van der Waals surface area contributed by atoms with Crippen molar-refractivity contribution in [1.82, 2.24) is 0 Å². The van der Waals surface area contributed by atoms with E-state index in [1.54, 1.807) is 12.1 Å². The Morgan fingerprint density at radius 1 is 0.568 bits per heavy atom. The molecule has 2 aliphatic rings. The Bertz CT molecular complexity index is 1570. The van der Waals surface area contributed by atoms with Crippen LogP contribution in [0.2, 0.25) is 9.26 Å². The molecule has 0 radical (unpaired) electrons. The molecule has 0 fully saturated rings. The second-order valence-corrected chi connectivity index (χ2v) is 28.3. The molecule has 0 unspecified atom stereocenters. The van der Waals surface area contributed by atoms with Gasteiger partial charge in [-0.25, -0.2) is 0 Å². The van der Waals surface area contributed by atoms with Crippen LogP contribution in [0.25, 0.3) is 11.1 Å². The Balaban J connectivity index is 1.87. The molecule has 0 spiro atoms. The van der Waals surface area contributed by atoms with E-state index in [1.807, 2.05) is 0 Å². The van der Waals surface area contributed by atoms with E-state index in [4.69, 9.17) is 0 Å². The topological polar surface area (TPSA) is 0 Å². The van der Waals surface area contributed by atoms with Crippen molar-refractivity contribution in [2.24, 2.45) is 0 Å². The van der Waals surface area contributed by atoms with Gasteiger partial charge in [0.2, 0.25) is 0 Å². The fourth-order valence-electron chi connectivity index (χ4n) is 7.75. The third-order valence-electron chi connectivity index (χ3n) is 9.62. The second kappa shape index (κ2) is 8.85. The van der Waals surface area contributed by atoms with Crippen LogP contribution in [-0.4, -0.2) is 3.21 Å². The van der Waals surface area contributed by atoms with Crippen molar-refractivity contribution in [1.29, 1.82) is 0 Å². The molecule has 184 valence electrons. The maximum atomic E-state index is 2.75. The summed E-state index contributed by atoms with van der Waals surface area (Å²) < 4.78 is 9.25. The van der Waals surface area contributed by atoms with Crippen LogP contribution in [-0.2, 0) is 18.3 Å². The molecule has 37 heavy (non-hydrogen) atoms. The van der Waals surface area contributed by atoms with Gasteiger partial charge in [0.25, 0.3) is 0 Å². The summed E-state index contributed by atoms with van der Waals surface area (Å²) in [5.74, 6) is 0. The Hall–Kier alpha value is -2.89. The summed E-state index contributed by atoms with van der Waals surface area (Å²) >= 11 is -4.22. The first-order valence-electron chi connectivity index (χ1n) is 13.5. The van der Waals surface area contributed by atoms with Gasteiger partial charge in [-0.2, -0.15) is 0 Å². The van der Waals surface area contributed by atoms with Crippen molar-refractivity contribution in [3.8, 4) is 11.1 Å². The summed E-state index contributed by atoms with van der Waals surface area (Å²) in [5, 5.41) is 0. The zero-order valence-corrected chi connectivity index (χ0v) is 25.1. The van der Waals surface area contributed by atoms with Gasteiger partial charge in [0, 0.05) is 0 Å². The molecule has 0 atom stereocenters. The van der Waals surface area contributed by atoms with Gasteiger partial charge in [-0.3, -0.25) is 0 Å². The van der Waals surface area contributed by atoms with Gasteiger partial charge in [-0.15, -0.1) is 0 Å². The summed E-state index contributed by atoms with van der Waals surface area (Å²) in [6, 6.07) is 41.1. The Kier molecular flexibility index (Phi) is 5.85. The predicted octanol–water partition coefficient (Wildman–Crippen LogP) is 9.83. The number of hydrogen-bond donors (Lipinski definition) is 0. The first kappa shape index (κ1) is 24.4. The third-order valence-corrected chi connectivity index (χ3v) is 26.5. The summed E-state index contributed by atoms with van der Waals surface area (Å²) in [6.07, 6.45) is 1.10. The molecular weight excluding hydrogens is 524 g/mol. The standard InChI is InChI=1S/C13H9.C13H10.C8H11.2CH3.Zr/c1-3-7-12-10(5-1)9-11-6-2-4-8-13(11)12;1-3-7-12(8-4-1)11-13-9-5-2-6-10-13;1-6-4-5-7(2)8(6)3;;;/h1-9H;1-10H;4H2,1-3H3;2*1H3;. The van der Waals surface area contributed by atoms with E-state index in [0.29, 0.717) is 3.63 Å². The number of hydrogen-bond acceptors (Lipinski definition) is 0. The van der Waals surface area contributed by atoms with Gasteiger partial charge < -0.3 is 0 Å². The van der Waals surface area contributed by atoms with Crippen molar-refractivity contribution in [2.75, 3.05) is 0 Å². The first-order valence-corrected chi connectivity index (χ1v) is 22.3. The molecule has 0 amide bonds. The molecule has 0 saturated heterocycles. The molecule has 0 saturated carbocycles. The van der Waals surface area contributed by atoms with Crippen molar-refractivity contribution in [3.63, 3.8) is 0 Å². The monoisotopic (exact) mass is 558 g/mol. The van der Waals surface area contributed by atoms with E-state index in [9.17, 15) is 0 Å². The SMILES string of the molecule is CC1=C(C)C(C)=[C]([Zr]([CH3])([CH3])(=[C](c2ccccc2)c2ccccc2)[CH]2c3ccccc3-c3ccccc32)C1. The van der Waals surface area contributed by atoms with Crippen LogP contribution >= 0.6 is 0 Å². The summed E-state index contributed by atoms with van der Waals surface area (Å²) in [6.45, 7) is 7.10. The van der Waals surface area contributed by atoms with Gasteiger partial charge in [0.15, 0.2) is 0 Å². The van der Waals surface area contributed by atoms with Crippen LogP contribution in [0.4, 0.5) is 0 Å². The molecule has 0 heterocycles. The summed E-state index contributed by atoms with van der Waals surface area (Å²) in [5.41, 5.74) is 13.2. The van der Waals surface area contributed by atoms with Crippen LogP contribution in [0.1, 0.15) is 53.1 Å². The van der Waals surface area contributed by atoms with Crippen LogP contribution in [0, 0.1) is 0 Å². The minimum absolute atomic E-state index is 0.382. The van der Waals surface area contributed by atoms with Crippen LogP contribution in [0.3, 0.4) is 0 Å². The minimum atomic E-state index is -4.22. The van der Waals surface area contributed by atoms with E-state index in [1.165, 1.54) is 44.5 Å². The average molecular weight is 560 g/mol. The fraction of sp³-hybridized carbons (Fsp3) is 0.194. The van der Waals surface area contributed by atoms with Crippen molar-refractivity contribution in [3.05, 3.63) is 151 Å². The van der Waals surface area contributed by atoms with Gasteiger partial charge in [0.1, 0.15) is 0 Å². The summed E-state index contributed by atoms with van der Waals surface area (Å²) in [7, 11) is 0. The van der Waals surface area contributed by atoms with Crippen LogP contribution < -0.4 is 0 Å². The normalized spacial score (nSPS) is 15.7. The van der Waals surface area contributed by atoms with Gasteiger partial charge >= 0.3 is 224 Å². The van der Waals surface area contributed by atoms with E-state index >= 15 is 0 Å². The van der Waals surface area contributed by atoms with Gasteiger partial charge in [-0.1, -0.05) is 0 Å². The van der Waals surface area contributed by atoms with E-state index in [0.717, 1.165) is 6.42 Å². The van der Waals surface area contributed by atoms with Crippen molar-refractivity contribution >= 4 is 3.21 Å². The molecule has 0 aliphatic heterocycles. The van der Waals surface area contributed by atoms with Crippen LogP contribution in [0.5, 0.6) is 0 Å². The second-order valence-electron chi connectivity index (χ2n) is 11.9. The fourth-order valence-corrected chi connectivity index (χ4v) is 26.4. The third kappa shape index (κ3) is 3.54. The van der Waals surface area contributed by atoms with Crippen molar-refractivity contribution in [2.45, 2.75) is 40.1 Å². The molecule has 4 aromatic rings. The van der Waals surface area contributed by atoms with Crippen LogP contribution in [0.15, 0.2) is 129 Å². The molecule has 0 aromatic heterocycles. The Morgan fingerprint density at radius 3 is 1.43 bits per heavy atom. The Morgan fingerprint density at radius 2 is 1.00 bits per heavy atom. The number of allylic oxidation sites excluding steroid dienone is 4. The van der Waals surface area contributed by atoms with Gasteiger partial charge in [-0.05, 0) is 0 Å². The zero-order chi connectivity index (χ0) is 25.8. The molecule has 4 aromatic carbocycles. The molecule has 0 nitrogen and oxygen atoms in total. The van der Waals surface area contributed by atoms with E-state index in [-0.39, 0.29) is 0 Å². The summed E-state index contributed by atoms with van der Waals surface area (Å²) in [4.78, 5) is 0. The van der Waals surface area contributed by atoms with E-state index in [2.05, 4.69) is 139 Å². The quantitative estimate of drug-likeness (QED) is 0.233. The molecule has 0 N–H and O–H groups in total. The molecule has 1 heteroatoms. The number of fused-ring (bicyclic) bond motifs is 3. The predicted molar refractivity (Wildman–Crippen MR) is 157 cm³/mol.